The molecule has 0 saturated heterocycles. The standard InChI is InChI=1S/C32H19N5O/c38-31-23-14-6-8-16-25(23)36-19-18-27-28(30(36)35-31)22-13-5-9-17-26(22)37(27)32-33-24-15-7-4-12-21(24)29(34-32)20-10-2-1-3-11-20/h1-19H. The van der Waals surface area contributed by atoms with E-state index in [4.69, 9.17) is 9.97 Å². The predicted molar refractivity (Wildman–Crippen MR) is 152 cm³/mol. The fourth-order valence-electron chi connectivity index (χ4n) is 5.51. The van der Waals surface area contributed by atoms with Crippen LogP contribution in [-0.4, -0.2) is 23.9 Å². The van der Waals surface area contributed by atoms with Crippen molar-refractivity contribution in [2.75, 3.05) is 0 Å². The van der Waals surface area contributed by atoms with Crippen molar-refractivity contribution in [1.82, 2.24) is 23.9 Å². The molecule has 8 rings (SSSR count). The van der Waals surface area contributed by atoms with Crippen LogP contribution in [0.4, 0.5) is 0 Å². The van der Waals surface area contributed by atoms with Crippen LogP contribution in [0.3, 0.4) is 0 Å². The van der Waals surface area contributed by atoms with Crippen LogP contribution < -0.4 is 5.56 Å². The van der Waals surface area contributed by atoms with Gasteiger partial charge in [0.25, 0.3) is 5.56 Å². The van der Waals surface area contributed by atoms with Crippen molar-refractivity contribution < 1.29 is 0 Å². The van der Waals surface area contributed by atoms with E-state index in [0.717, 1.165) is 49.5 Å². The van der Waals surface area contributed by atoms with E-state index in [1.165, 1.54) is 0 Å². The number of benzene rings is 4. The Hall–Kier alpha value is -5.36. The van der Waals surface area contributed by atoms with Crippen LogP contribution in [-0.2, 0) is 0 Å². The van der Waals surface area contributed by atoms with E-state index < -0.39 is 0 Å². The molecule has 0 aliphatic rings. The van der Waals surface area contributed by atoms with Crippen LogP contribution in [0.1, 0.15) is 0 Å². The molecule has 0 N–H and O–H groups in total. The van der Waals surface area contributed by atoms with Crippen molar-refractivity contribution in [1.29, 1.82) is 0 Å². The molecule has 0 radical (unpaired) electrons. The molecule has 4 heterocycles. The van der Waals surface area contributed by atoms with Gasteiger partial charge in [-0.2, -0.15) is 4.98 Å². The molecule has 4 aromatic heterocycles. The Labute approximate surface area is 216 Å². The van der Waals surface area contributed by atoms with Crippen LogP contribution in [0.5, 0.6) is 0 Å². The molecular formula is C32H19N5O. The molecule has 0 spiro atoms. The van der Waals surface area contributed by atoms with Gasteiger partial charge >= 0.3 is 0 Å². The maximum atomic E-state index is 13.0. The zero-order chi connectivity index (χ0) is 25.2. The monoisotopic (exact) mass is 489 g/mol. The molecule has 0 fully saturated rings. The molecule has 6 nitrogen and oxygen atoms in total. The largest absolute Gasteiger partial charge is 0.300 e. The molecule has 0 aliphatic carbocycles. The highest BCUT2D eigenvalue weighted by Gasteiger charge is 2.20. The van der Waals surface area contributed by atoms with E-state index >= 15 is 0 Å². The second kappa shape index (κ2) is 7.82. The van der Waals surface area contributed by atoms with E-state index in [1.807, 2.05) is 83.4 Å². The Morgan fingerprint density at radius 1 is 0.553 bits per heavy atom. The van der Waals surface area contributed by atoms with Crippen molar-refractivity contribution in [3.05, 3.63) is 126 Å². The van der Waals surface area contributed by atoms with E-state index in [1.54, 1.807) is 0 Å². The average molecular weight is 490 g/mol. The molecule has 0 bridgehead atoms. The number of pyridine rings is 1. The third kappa shape index (κ3) is 2.88. The normalized spacial score (nSPS) is 11.8. The van der Waals surface area contributed by atoms with Gasteiger partial charge in [-0.05, 0) is 30.3 Å². The van der Waals surface area contributed by atoms with Crippen LogP contribution in [0.15, 0.2) is 120 Å². The third-order valence-corrected chi connectivity index (χ3v) is 7.18. The lowest BCUT2D eigenvalue weighted by molar-refractivity contribution is 1.01. The van der Waals surface area contributed by atoms with Crippen molar-refractivity contribution in [2.24, 2.45) is 0 Å². The number of hydrogen-bond acceptors (Lipinski definition) is 4. The van der Waals surface area contributed by atoms with E-state index in [-0.39, 0.29) is 5.56 Å². The summed E-state index contributed by atoms with van der Waals surface area (Å²) in [6.45, 7) is 0. The average Bonchev–Trinajstić information content (AvgIpc) is 3.32. The van der Waals surface area contributed by atoms with E-state index in [0.29, 0.717) is 17.0 Å². The van der Waals surface area contributed by atoms with Gasteiger partial charge in [0.2, 0.25) is 5.95 Å². The molecule has 8 aromatic rings. The van der Waals surface area contributed by atoms with Gasteiger partial charge in [0.05, 0.1) is 38.5 Å². The SMILES string of the molecule is O=c1nc2c3c4ccccc4n(-c4nc(-c5ccccc5)c5ccccc5n4)c3ccn2c2ccccc12. The Bertz CT molecular complexity index is 2260. The third-order valence-electron chi connectivity index (χ3n) is 7.18. The summed E-state index contributed by atoms with van der Waals surface area (Å²) in [5.74, 6) is 0.571. The first-order valence-electron chi connectivity index (χ1n) is 12.4. The highest BCUT2D eigenvalue weighted by atomic mass is 16.1. The molecule has 0 atom stereocenters. The lowest BCUT2D eigenvalue weighted by atomic mass is 10.1. The molecule has 178 valence electrons. The van der Waals surface area contributed by atoms with Crippen LogP contribution in [0.2, 0.25) is 0 Å². The van der Waals surface area contributed by atoms with E-state index in [2.05, 4.69) is 45.9 Å². The summed E-state index contributed by atoms with van der Waals surface area (Å²) in [4.78, 5) is 27.7. The number of rotatable bonds is 2. The lowest BCUT2D eigenvalue weighted by Crippen LogP contribution is -2.11. The van der Waals surface area contributed by atoms with Crippen LogP contribution in [0.25, 0.3) is 66.5 Å². The van der Waals surface area contributed by atoms with Crippen molar-refractivity contribution >= 4 is 49.3 Å². The summed E-state index contributed by atoms with van der Waals surface area (Å²) in [6, 6.07) is 36.0. The maximum Gasteiger partial charge on any atom is 0.281 e. The van der Waals surface area contributed by atoms with E-state index in [9.17, 15) is 4.79 Å². The van der Waals surface area contributed by atoms with Gasteiger partial charge in [-0.15, -0.1) is 0 Å². The Morgan fingerprint density at radius 3 is 2.08 bits per heavy atom. The summed E-state index contributed by atoms with van der Waals surface area (Å²) in [6.07, 6.45) is 1.97. The van der Waals surface area contributed by atoms with Gasteiger partial charge in [-0.1, -0.05) is 78.9 Å². The van der Waals surface area contributed by atoms with Crippen molar-refractivity contribution in [2.45, 2.75) is 0 Å². The lowest BCUT2D eigenvalue weighted by Gasteiger charge is -2.12. The predicted octanol–water partition coefficient (Wildman–Crippen LogP) is 6.56. The molecular weight excluding hydrogens is 470 g/mol. The Balaban J connectivity index is 1.54. The first-order chi connectivity index (χ1) is 18.8. The second-order valence-electron chi connectivity index (χ2n) is 9.31. The Morgan fingerprint density at radius 2 is 1.24 bits per heavy atom. The number of para-hydroxylation sites is 3. The van der Waals surface area contributed by atoms with Gasteiger partial charge in [0.1, 0.15) is 0 Å². The van der Waals surface area contributed by atoms with Crippen molar-refractivity contribution in [3.8, 4) is 17.2 Å². The fourth-order valence-corrected chi connectivity index (χ4v) is 5.51. The quantitative estimate of drug-likeness (QED) is 0.258. The van der Waals surface area contributed by atoms with Crippen LogP contribution in [0, 0.1) is 0 Å². The number of hydrogen-bond donors (Lipinski definition) is 0. The smallest absolute Gasteiger partial charge is 0.281 e. The first-order valence-corrected chi connectivity index (χ1v) is 12.4. The highest BCUT2D eigenvalue weighted by molar-refractivity contribution is 6.15. The molecule has 0 amide bonds. The summed E-state index contributed by atoms with van der Waals surface area (Å²) in [5.41, 5.74) is 5.81. The number of fused-ring (bicyclic) bond motifs is 8. The first kappa shape index (κ1) is 20.8. The minimum atomic E-state index is -0.238. The molecule has 0 aliphatic heterocycles. The topological polar surface area (TPSA) is 65.1 Å². The minimum Gasteiger partial charge on any atom is -0.300 e. The molecule has 6 heteroatoms. The summed E-state index contributed by atoms with van der Waals surface area (Å²) in [7, 11) is 0. The van der Waals surface area contributed by atoms with Gasteiger partial charge in [-0.3, -0.25) is 9.36 Å². The molecule has 0 unspecified atom stereocenters. The second-order valence-corrected chi connectivity index (χ2v) is 9.31. The number of nitrogens with zero attached hydrogens (tertiary/aromatic N) is 5. The van der Waals surface area contributed by atoms with Crippen LogP contribution >= 0.6 is 0 Å². The number of aromatic nitrogens is 5. The summed E-state index contributed by atoms with van der Waals surface area (Å²) < 4.78 is 4.07. The van der Waals surface area contributed by atoms with Gasteiger partial charge in [-0.25, -0.2) is 9.97 Å². The zero-order valence-corrected chi connectivity index (χ0v) is 20.1. The fraction of sp³-hybridized carbons (Fsp3) is 0. The van der Waals surface area contributed by atoms with Gasteiger partial charge in [0, 0.05) is 22.5 Å². The molecule has 0 saturated carbocycles. The molecule has 4 aromatic carbocycles. The summed E-state index contributed by atoms with van der Waals surface area (Å²) >= 11 is 0. The Kier molecular flexibility index (Phi) is 4.28. The summed E-state index contributed by atoms with van der Waals surface area (Å²) in [5, 5.41) is 3.47. The van der Waals surface area contributed by atoms with Crippen molar-refractivity contribution in [3.63, 3.8) is 0 Å². The minimum absolute atomic E-state index is 0.238. The molecule has 38 heavy (non-hydrogen) atoms. The van der Waals surface area contributed by atoms with Gasteiger partial charge < -0.3 is 4.40 Å². The maximum absolute atomic E-state index is 13.0. The highest BCUT2D eigenvalue weighted by Crippen LogP contribution is 2.35. The zero-order valence-electron chi connectivity index (χ0n) is 20.1. The van der Waals surface area contributed by atoms with Gasteiger partial charge in [0.15, 0.2) is 5.65 Å².